The van der Waals surface area contributed by atoms with Gasteiger partial charge in [0.25, 0.3) is 0 Å². The summed E-state index contributed by atoms with van der Waals surface area (Å²) in [6.45, 7) is 4.69. The Hall–Kier alpha value is -2.60. The molecule has 24 heavy (non-hydrogen) atoms. The number of nitrogens with one attached hydrogen (secondary N) is 2. The molecule has 2 N–H and O–H groups in total. The van der Waals surface area contributed by atoms with Crippen LogP contribution in [0.3, 0.4) is 0 Å². The lowest BCUT2D eigenvalue weighted by molar-refractivity contribution is 0.0603. The highest BCUT2D eigenvalue weighted by Crippen LogP contribution is 2.25. The molecule has 2 aromatic heterocycles. The number of esters is 1. The second kappa shape index (κ2) is 5.79. The Balaban J connectivity index is 1.61. The van der Waals surface area contributed by atoms with E-state index in [1.165, 1.54) is 24.1 Å². The molecule has 1 aliphatic heterocycles. The minimum Gasteiger partial charge on any atom is -0.465 e. The van der Waals surface area contributed by atoms with Gasteiger partial charge < -0.3 is 14.7 Å². The molecular weight excluding hydrogens is 304 g/mol. The minimum atomic E-state index is -0.315. The van der Waals surface area contributed by atoms with Gasteiger partial charge in [-0.3, -0.25) is 4.90 Å². The zero-order valence-electron chi connectivity index (χ0n) is 13.8. The number of aromatic amines is 2. The number of methoxy groups -OCH3 is 1. The van der Waals surface area contributed by atoms with Crippen molar-refractivity contribution in [3.8, 4) is 0 Å². The Morgan fingerprint density at radius 1 is 1.42 bits per heavy atom. The number of carbonyl (C=O) groups is 1. The van der Waals surface area contributed by atoms with Crippen LogP contribution in [0.5, 0.6) is 0 Å². The fraction of sp³-hybridized carbons (Fsp3) is 0.333. The number of aryl methyl sites for hydroxylation is 1. The summed E-state index contributed by atoms with van der Waals surface area (Å²) in [5.41, 5.74) is 5.01. The van der Waals surface area contributed by atoms with Gasteiger partial charge in [-0.2, -0.15) is 0 Å². The van der Waals surface area contributed by atoms with Crippen LogP contribution < -0.4 is 0 Å². The first-order chi connectivity index (χ1) is 11.7. The van der Waals surface area contributed by atoms with E-state index in [-0.39, 0.29) is 5.97 Å². The molecule has 0 atom stereocenters. The number of H-pyrrole nitrogens is 2. The van der Waals surface area contributed by atoms with Crippen LogP contribution in [0.4, 0.5) is 0 Å². The standard InChI is InChI=1S/C18H20N4O2/c1-11-20-15-6-7-22(10-16(15)21-11)9-12-8-19-17-13(12)4-3-5-14(17)18(23)24-2/h3-5,8,19H,6-7,9-10H2,1-2H3,(H,20,21). The molecule has 1 aliphatic rings. The van der Waals surface area contributed by atoms with Crippen LogP contribution in [0.15, 0.2) is 24.4 Å². The highest BCUT2D eigenvalue weighted by atomic mass is 16.5. The fourth-order valence-corrected chi connectivity index (χ4v) is 3.49. The normalized spacial score (nSPS) is 14.8. The van der Waals surface area contributed by atoms with Gasteiger partial charge in [0.1, 0.15) is 5.82 Å². The van der Waals surface area contributed by atoms with Crippen molar-refractivity contribution in [1.82, 2.24) is 19.9 Å². The fourth-order valence-electron chi connectivity index (χ4n) is 3.49. The van der Waals surface area contributed by atoms with Gasteiger partial charge in [0.15, 0.2) is 0 Å². The quantitative estimate of drug-likeness (QED) is 0.726. The van der Waals surface area contributed by atoms with Crippen LogP contribution in [0.2, 0.25) is 0 Å². The van der Waals surface area contributed by atoms with E-state index in [2.05, 4.69) is 19.9 Å². The summed E-state index contributed by atoms with van der Waals surface area (Å²) in [5, 5.41) is 1.07. The highest BCUT2D eigenvalue weighted by Gasteiger charge is 2.21. The van der Waals surface area contributed by atoms with Crippen molar-refractivity contribution in [3.05, 3.63) is 52.7 Å². The average molecular weight is 324 g/mol. The van der Waals surface area contributed by atoms with Crippen molar-refractivity contribution in [2.45, 2.75) is 26.4 Å². The molecule has 0 fully saturated rings. The number of rotatable bonds is 3. The maximum Gasteiger partial charge on any atom is 0.339 e. The minimum absolute atomic E-state index is 0.315. The maximum absolute atomic E-state index is 11.9. The number of aromatic nitrogens is 3. The monoisotopic (exact) mass is 324 g/mol. The van der Waals surface area contributed by atoms with E-state index in [0.717, 1.165) is 42.8 Å². The number of fused-ring (bicyclic) bond motifs is 2. The van der Waals surface area contributed by atoms with Gasteiger partial charge in [0.05, 0.1) is 29.6 Å². The van der Waals surface area contributed by atoms with Gasteiger partial charge >= 0.3 is 5.97 Å². The number of benzene rings is 1. The molecule has 0 radical (unpaired) electrons. The van der Waals surface area contributed by atoms with E-state index in [4.69, 9.17) is 4.74 Å². The molecule has 1 aromatic carbocycles. The predicted octanol–water partition coefficient (Wildman–Crippen LogP) is 2.54. The molecule has 0 saturated heterocycles. The molecular formula is C18H20N4O2. The number of para-hydroxylation sites is 1. The lowest BCUT2D eigenvalue weighted by Crippen LogP contribution is -2.30. The van der Waals surface area contributed by atoms with Crippen LogP contribution in [0.1, 0.15) is 33.1 Å². The maximum atomic E-state index is 11.9. The lowest BCUT2D eigenvalue weighted by atomic mass is 10.1. The van der Waals surface area contributed by atoms with Gasteiger partial charge in [0.2, 0.25) is 0 Å². The molecule has 3 aromatic rings. The summed E-state index contributed by atoms with van der Waals surface area (Å²) in [4.78, 5) is 25.4. The van der Waals surface area contributed by atoms with Crippen LogP contribution in [-0.2, 0) is 24.2 Å². The number of carbonyl (C=O) groups excluding carboxylic acids is 1. The smallest absolute Gasteiger partial charge is 0.339 e. The number of imidazole rings is 1. The number of nitrogens with zero attached hydrogens (tertiary/aromatic N) is 2. The van der Waals surface area contributed by atoms with Gasteiger partial charge in [-0.25, -0.2) is 9.78 Å². The van der Waals surface area contributed by atoms with E-state index in [0.29, 0.717) is 5.56 Å². The summed E-state index contributed by atoms with van der Waals surface area (Å²) < 4.78 is 4.86. The Morgan fingerprint density at radius 3 is 3.12 bits per heavy atom. The molecule has 6 nitrogen and oxygen atoms in total. The van der Waals surface area contributed by atoms with Crippen molar-refractivity contribution in [2.75, 3.05) is 13.7 Å². The summed E-state index contributed by atoms with van der Waals surface area (Å²) in [7, 11) is 1.41. The first kappa shape index (κ1) is 15.0. The van der Waals surface area contributed by atoms with Gasteiger partial charge in [-0.1, -0.05) is 12.1 Å². The van der Waals surface area contributed by atoms with Gasteiger partial charge in [0, 0.05) is 37.6 Å². The van der Waals surface area contributed by atoms with E-state index in [1.807, 2.05) is 25.3 Å². The first-order valence-corrected chi connectivity index (χ1v) is 8.09. The molecule has 124 valence electrons. The zero-order valence-corrected chi connectivity index (χ0v) is 13.8. The first-order valence-electron chi connectivity index (χ1n) is 8.09. The zero-order chi connectivity index (χ0) is 16.7. The highest BCUT2D eigenvalue weighted by molar-refractivity contribution is 6.03. The van der Waals surface area contributed by atoms with Crippen molar-refractivity contribution in [1.29, 1.82) is 0 Å². The Kier molecular flexibility index (Phi) is 3.61. The molecule has 0 spiro atoms. The van der Waals surface area contributed by atoms with Crippen molar-refractivity contribution >= 4 is 16.9 Å². The Labute approximate surface area is 139 Å². The van der Waals surface area contributed by atoms with Crippen LogP contribution >= 0.6 is 0 Å². The summed E-state index contributed by atoms with van der Waals surface area (Å²) >= 11 is 0. The predicted molar refractivity (Wildman–Crippen MR) is 90.8 cm³/mol. The SMILES string of the molecule is COC(=O)c1cccc2c(CN3CCc4nc(C)[nH]c4C3)c[nH]c12. The number of hydrogen-bond acceptors (Lipinski definition) is 4. The summed E-state index contributed by atoms with van der Waals surface area (Å²) in [6.07, 6.45) is 2.96. The lowest BCUT2D eigenvalue weighted by Gasteiger charge is -2.25. The molecule has 0 unspecified atom stereocenters. The average Bonchev–Trinajstić information content (AvgIpc) is 3.16. The van der Waals surface area contributed by atoms with Gasteiger partial charge in [-0.05, 0) is 18.6 Å². The van der Waals surface area contributed by atoms with E-state index < -0.39 is 0 Å². The molecule has 0 saturated carbocycles. The third-order valence-electron chi connectivity index (χ3n) is 4.63. The molecule has 0 aliphatic carbocycles. The van der Waals surface area contributed by atoms with Crippen LogP contribution in [0.25, 0.3) is 10.9 Å². The van der Waals surface area contributed by atoms with Crippen LogP contribution in [-0.4, -0.2) is 39.5 Å². The third-order valence-corrected chi connectivity index (χ3v) is 4.63. The van der Waals surface area contributed by atoms with Crippen molar-refractivity contribution in [2.24, 2.45) is 0 Å². The van der Waals surface area contributed by atoms with Crippen molar-refractivity contribution < 1.29 is 9.53 Å². The van der Waals surface area contributed by atoms with E-state index in [9.17, 15) is 4.79 Å². The van der Waals surface area contributed by atoms with E-state index >= 15 is 0 Å². The topological polar surface area (TPSA) is 74.0 Å². The summed E-state index contributed by atoms with van der Waals surface area (Å²) in [5.74, 6) is 0.668. The molecule has 6 heteroatoms. The van der Waals surface area contributed by atoms with Crippen molar-refractivity contribution in [3.63, 3.8) is 0 Å². The molecule has 4 rings (SSSR count). The second-order valence-corrected chi connectivity index (χ2v) is 6.24. The number of hydrogen-bond donors (Lipinski definition) is 2. The second-order valence-electron chi connectivity index (χ2n) is 6.24. The number of ether oxygens (including phenoxy) is 1. The third kappa shape index (κ3) is 2.49. The van der Waals surface area contributed by atoms with Gasteiger partial charge in [-0.15, -0.1) is 0 Å². The molecule has 3 heterocycles. The largest absolute Gasteiger partial charge is 0.465 e. The van der Waals surface area contributed by atoms with Crippen LogP contribution in [0, 0.1) is 6.92 Å². The molecule has 0 bridgehead atoms. The Morgan fingerprint density at radius 2 is 2.29 bits per heavy atom. The molecule has 0 amide bonds. The Bertz CT molecular complexity index is 909. The van der Waals surface area contributed by atoms with E-state index in [1.54, 1.807) is 6.07 Å². The summed E-state index contributed by atoms with van der Waals surface area (Å²) in [6, 6.07) is 5.73.